The molecular weight excluding hydrogens is 188 g/mol. The molecule has 1 rings (SSSR count). The molecule has 3 N–H and O–H groups in total. The molecule has 0 radical (unpaired) electrons. The second-order valence-electron chi connectivity index (χ2n) is 3.15. The van der Waals surface area contributed by atoms with Gasteiger partial charge in [-0.05, 0) is 24.6 Å². The lowest BCUT2D eigenvalue weighted by molar-refractivity contribution is -0.119. The van der Waals surface area contributed by atoms with Crippen LogP contribution in [0, 0.1) is 18.8 Å². The van der Waals surface area contributed by atoms with Crippen molar-refractivity contribution in [1.82, 2.24) is 5.32 Å². The summed E-state index contributed by atoms with van der Waals surface area (Å²) in [4.78, 5) is 10.8. The van der Waals surface area contributed by atoms with Gasteiger partial charge in [0.15, 0.2) is 0 Å². The molecule has 0 atom stereocenters. The van der Waals surface area contributed by atoms with E-state index >= 15 is 0 Å². The number of amides is 1. The van der Waals surface area contributed by atoms with Crippen LogP contribution in [0.2, 0.25) is 0 Å². The molecule has 15 heavy (non-hydrogen) atoms. The molecule has 0 spiro atoms. The summed E-state index contributed by atoms with van der Waals surface area (Å²) >= 11 is 0. The van der Waals surface area contributed by atoms with Gasteiger partial charge in [-0.3, -0.25) is 4.79 Å². The summed E-state index contributed by atoms with van der Waals surface area (Å²) in [6.45, 7) is 2.36. The van der Waals surface area contributed by atoms with E-state index in [1.807, 2.05) is 31.2 Å². The van der Waals surface area contributed by atoms with E-state index in [-0.39, 0.29) is 12.5 Å². The Labute approximate surface area is 89.7 Å². The lowest BCUT2D eigenvalue weighted by atomic mass is 10.1. The van der Waals surface area contributed by atoms with E-state index in [0.29, 0.717) is 6.54 Å². The number of hydrogen-bond donors (Lipinski definition) is 2. The first-order valence-electron chi connectivity index (χ1n) is 4.74. The van der Waals surface area contributed by atoms with Crippen molar-refractivity contribution in [2.24, 2.45) is 5.73 Å². The highest BCUT2D eigenvalue weighted by Gasteiger charge is 1.91. The number of hydrogen-bond acceptors (Lipinski definition) is 2. The normalized spacial score (nSPS) is 8.93. The minimum atomic E-state index is -0.187. The Morgan fingerprint density at radius 2 is 2.33 bits per heavy atom. The van der Waals surface area contributed by atoms with Gasteiger partial charge in [-0.15, -0.1) is 0 Å². The zero-order valence-electron chi connectivity index (χ0n) is 8.71. The molecule has 0 aliphatic heterocycles. The summed E-state index contributed by atoms with van der Waals surface area (Å²) in [5.41, 5.74) is 7.25. The topological polar surface area (TPSA) is 55.1 Å². The highest BCUT2D eigenvalue weighted by atomic mass is 16.1. The fourth-order valence-corrected chi connectivity index (χ4v) is 1.08. The van der Waals surface area contributed by atoms with Crippen molar-refractivity contribution in [1.29, 1.82) is 0 Å². The number of nitrogens with one attached hydrogen (secondary N) is 1. The lowest BCUT2D eigenvalue weighted by Gasteiger charge is -1.95. The lowest BCUT2D eigenvalue weighted by Crippen LogP contribution is -2.30. The smallest absolute Gasteiger partial charge is 0.234 e. The van der Waals surface area contributed by atoms with Gasteiger partial charge in [-0.2, -0.15) is 0 Å². The molecule has 0 heterocycles. The fraction of sp³-hybridized carbons (Fsp3) is 0.250. The van der Waals surface area contributed by atoms with Crippen LogP contribution in [0.3, 0.4) is 0 Å². The Morgan fingerprint density at radius 3 is 3.00 bits per heavy atom. The highest BCUT2D eigenvalue weighted by Crippen LogP contribution is 2.01. The molecule has 1 aromatic rings. The van der Waals surface area contributed by atoms with Gasteiger partial charge >= 0.3 is 0 Å². The van der Waals surface area contributed by atoms with Crippen LogP contribution in [0.5, 0.6) is 0 Å². The Morgan fingerprint density at radius 1 is 1.53 bits per heavy atom. The van der Waals surface area contributed by atoms with Gasteiger partial charge < -0.3 is 11.1 Å². The minimum Gasteiger partial charge on any atom is -0.344 e. The molecule has 3 heteroatoms. The maximum absolute atomic E-state index is 10.8. The summed E-state index contributed by atoms with van der Waals surface area (Å²) < 4.78 is 0. The van der Waals surface area contributed by atoms with Crippen molar-refractivity contribution < 1.29 is 4.79 Å². The van der Waals surface area contributed by atoms with Gasteiger partial charge in [0.1, 0.15) is 0 Å². The molecule has 0 saturated heterocycles. The predicted molar refractivity (Wildman–Crippen MR) is 60.1 cm³/mol. The van der Waals surface area contributed by atoms with Gasteiger partial charge in [-0.25, -0.2) is 0 Å². The van der Waals surface area contributed by atoms with Gasteiger partial charge in [0.25, 0.3) is 0 Å². The second kappa shape index (κ2) is 5.84. The van der Waals surface area contributed by atoms with Crippen LogP contribution in [0.4, 0.5) is 0 Å². The van der Waals surface area contributed by atoms with Gasteiger partial charge in [0, 0.05) is 5.56 Å². The van der Waals surface area contributed by atoms with Gasteiger partial charge in [0.2, 0.25) is 5.91 Å². The van der Waals surface area contributed by atoms with Crippen LogP contribution in [0.25, 0.3) is 0 Å². The molecule has 0 aliphatic rings. The fourth-order valence-electron chi connectivity index (χ4n) is 1.08. The van der Waals surface area contributed by atoms with E-state index < -0.39 is 0 Å². The van der Waals surface area contributed by atoms with E-state index in [4.69, 9.17) is 5.73 Å². The third kappa shape index (κ3) is 4.30. The molecule has 0 unspecified atom stereocenters. The van der Waals surface area contributed by atoms with Crippen molar-refractivity contribution in [3.8, 4) is 11.8 Å². The summed E-state index contributed by atoms with van der Waals surface area (Å²) in [7, 11) is 0. The van der Waals surface area contributed by atoms with E-state index in [9.17, 15) is 4.79 Å². The number of aryl methyl sites for hydroxylation is 1. The van der Waals surface area contributed by atoms with Crippen LogP contribution in [0.15, 0.2) is 24.3 Å². The number of benzene rings is 1. The van der Waals surface area contributed by atoms with Gasteiger partial charge in [-0.1, -0.05) is 24.0 Å². The number of carbonyl (C=O) groups excluding carboxylic acids is 1. The molecule has 0 aliphatic carbocycles. The molecule has 0 bridgehead atoms. The second-order valence-corrected chi connectivity index (χ2v) is 3.15. The molecule has 1 amide bonds. The van der Waals surface area contributed by atoms with E-state index in [1.54, 1.807) is 0 Å². The standard InChI is InChI=1S/C12H14N2O/c1-10-4-2-5-11(8-10)6-3-7-14-12(15)9-13/h2,4-5,8H,7,9,13H2,1H3,(H,14,15). The zero-order chi connectivity index (χ0) is 11.1. The number of carbonyl (C=O) groups is 1. The average Bonchev–Trinajstić information content (AvgIpc) is 2.24. The Kier molecular flexibility index (Phi) is 4.39. The minimum absolute atomic E-state index is 0.00608. The molecular formula is C12H14N2O. The summed E-state index contributed by atoms with van der Waals surface area (Å²) in [6.07, 6.45) is 0. The van der Waals surface area contributed by atoms with Crippen molar-refractivity contribution in [3.63, 3.8) is 0 Å². The molecule has 3 nitrogen and oxygen atoms in total. The maximum atomic E-state index is 10.8. The monoisotopic (exact) mass is 202 g/mol. The first-order chi connectivity index (χ1) is 7.22. The van der Waals surface area contributed by atoms with Crippen LogP contribution >= 0.6 is 0 Å². The Bertz CT molecular complexity index is 402. The third-order valence-corrected chi connectivity index (χ3v) is 1.81. The largest absolute Gasteiger partial charge is 0.344 e. The van der Waals surface area contributed by atoms with E-state index in [1.165, 1.54) is 5.56 Å². The first kappa shape index (κ1) is 11.3. The number of rotatable bonds is 2. The molecule has 78 valence electrons. The Hall–Kier alpha value is -1.79. The van der Waals surface area contributed by atoms with Crippen molar-refractivity contribution >= 4 is 5.91 Å². The average molecular weight is 202 g/mol. The molecule has 0 aromatic heterocycles. The Balaban J connectivity index is 2.48. The summed E-state index contributed by atoms with van der Waals surface area (Å²) in [5.74, 6) is 5.63. The summed E-state index contributed by atoms with van der Waals surface area (Å²) in [6, 6.07) is 7.90. The molecule has 0 saturated carbocycles. The SMILES string of the molecule is Cc1cccc(C#CCNC(=O)CN)c1. The molecule has 1 aromatic carbocycles. The van der Waals surface area contributed by atoms with E-state index in [0.717, 1.165) is 5.56 Å². The van der Waals surface area contributed by atoms with Crippen LogP contribution in [-0.2, 0) is 4.79 Å². The first-order valence-corrected chi connectivity index (χ1v) is 4.74. The van der Waals surface area contributed by atoms with Crippen molar-refractivity contribution in [3.05, 3.63) is 35.4 Å². The van der Waals surface area contributed by atoms with E-state index in [2.05, 4.69) is 17.2 Å². The zero-order valence-corrected chi connectivity index (χ0v) is 8.71. The maximum Gasteiger partial charge on any atom is 0.234 e. The third-order valence-electron chi connectivity index (χ3n) is 1.81. The predicted octanol–water partition coefficient (Wildman–Crippen LogP) is 0.421. The van der Waals surface area contributed by atoms with Gasteiger partial charge in [0.05, 0.1) is 13.1 Å². The summed E-state index contributed by atoms with van der Waals surface area (Å²) in [5, 5.41) is 2.58. The highest BCUT2D eigenvalue weighted by molar-refractivity contribution is 5.77. The van der Waals surface area contributed by atoms with Crippen molar-refractivity contribution in [2.45, 2.75) is 6.92 Å². The molecule has 0 fully saturated rings. The van der Waals surface area contributed by atoms with Crippen LogP contribution < -0.4 is 11.1 Å². The van der Waals surface area contributed by atoms with Crippen LogP contribution in [-0.4, -0.2) is 19.0 Å². The quantitative estimate of drug-likeness (QED) is 0.683. The number of nitrogens with two attached hydrogens (primary N) is 1. The van der Waals surface area contributed by atoms with Crippen molar-refractivity contribution in [2.75, 3.05) is 13.1 Å². The van der Waals surface area contributed by atoms with Crippen LogP contribution in [0.1, 0.15) is 11.1 Å².